The predicted molar refractivity (Wildman–Crippen MR) is 285 cm³/mol. The molecule has 1 fully saturated rings. The number of carbonyl (C=O) groups is 1. The summed E-state index contributed by atoms with van der Waals surface area (Å²) in [6.07, 6.45) is 51.9. The van der Waals surface area contributed by atoms with Crippen LogP contribution in [0.5, 0.6) is 0 Å². The molecule has 6 atom stereocenters. The molecule has 402 valence electrons. The number of carbonyl (C=O) groups excluding carboxylic acids is 1. The lowest BCUT2D eigenvalue weighted by atomic mass is 9.85. The van der Waals surface area contributed by atoms with Crippen LogP contribution in [0.1, 0.15) is 194 Å². The van der Waals surface area contributed by atoms with Crippen LogP contribution in [0.4, 0.5) is 0 Å². The Hall–Kier alpha value is -2.74. The lowest BCUT2D eigenvalue weighted by Crippen LogP contribution is -2.64. The van der Waals surface area contributed by atoms with Gasteiger partial charge in [-0.25, -0.2) is 4.57 Å². The van der Waals surface area contributed by atoms with Gasteiger partial charge in [0.25, 0.3) is 0 Å². The molecule has 1 aliphatic carbocycles. The highest BCUT2D eigenvalue weighted by atomic mass is 31.2. The number of hydrogen-bond acceptors (Lipinski definition) is 11. The van der Waals surface area contributed by atoms with Crippen LogP contribution < -0.4 is 0 Å². The Morgan fingerprint density at radius 2 is 0.843 bits per heavy atom. The Balaban J connectivity index is 2.37. The van der Waals surface area contributed by atoms with Crippen LogP contribution >= 0.6 is 7.82 Å². The van der Waals surface area contributed by atoms with Gasteiger partial charge in [-0.1, -0.05) is 188 Å². The summed E-state index contributed by atoms with van der Waals surface area (Å²) in [6, 6.07) is 0. The van der Waals surface area contributed by atoms with Crippen LogP contribution in [-0.2, 0) is 27.9 Å². The van der Waals surface area contributed by atoms with Crippen molar-refractivity contribution in [1.82, 2.24) is 0 Å². The lowest BCUT2D eigenvalue weighted by Gasteiger charge is -2.41. The summed E-state index contributed by atoms with van der Waals surface area (Å²) < 4.78 is 34.3. The number of rotatable bonds is 45. The SMILES string of the molecule is CC/C=C\C/C=C\C/C=C\C/C=C\C/C=C\C/C=C\CCCCC(=O)OC(COCCCCCCCCCCCC/C=C\C/C=C\CCCCCCC)COP(=O)(O)OC1C(O)C(O)C(O)C(O)C1O. The molecule has 0 spiro atoms. The fraction of sp³-hybridized carbons (Fsp3) is 0.702. The van der Waals surface area contributed by atoms with Crippen LogP contribution in [0, 0.1) is 0 Å². The van der Waals surface area contributed by atoms with E-state index < -0.39 is 63.1 Å². The number of aliphatic hydroxyl groups is 5. The normalized spacial score (nSPS) is 21.7. The number of allylic oxidation sites excluding steroid dienone is 16. The highest BCUT2D eigenvalue weighted by molar-refractivity contribution is 7.47. The third-order valence-electron chi connectivity index (χ3n) is 11.9. The zero-order chi connectivity index (χ0) is 51.2. The van der Waals surface area contributed by atoms with Gasteiger partial charge < -0.3 is 39.9 Å². The zero-order valence-corrected chi connectivity index (χ0v) is 44.2. The van der Waals surface area contributed by atoms with Crippen molar-refractivity contribution in [3.05, 3.63) is 97.2 Å². The second kappa shape index (κ2) is 46.1. The van der Waals surface area contributed by atoms with E-state index in [1.165, 1.54) is 77.0 Å². The van der Waals surface area contributed by atoms with E-state index in [9.17, 15) is 39.8 Å². The summed E-state index contributed by atoms with van der Waals surface area (Å²) >= 11 is 0. The molecule has 0 radical (unpaired) electrons. The average Bonchev–Trinajstić information content (AvgIpc) is 3.35. The maximum Gasteiger partial charge on any atom is 0.472 e. The van der Waals surface area contributed by atoms with Crippen LogP contribution in [0.15, 0.2) is 97.2 Å². The molecule has 6 unspecified atom stereocenters. The molecule has 0 aromatic rings. The molecule has 1 rings (SSSR count). The average molecular weight is 1010 g/mol. The zero-order valence-electron chi connectivity index (χ0n) is 43.3. The summed E-state index contributed by atoms with van der Waals surface area (Å²) in [5.74, 6) is -0.522. The number of phosphoric ester groups is 1. The minimum atomic E-state index is -5.05. The predicted octanol–water partition coefficient (Wildman–Crippen LogP) is 12.6. The van der Waals surface area contributed by atoms with Gasteiger partial charge in [-0.15, -0.1) is 0 Å². The molecule has 0 amide bonds. The number of hydrogen-bond donors (Lipinski definition) is 6. The first-order valence-corrected chi connectivity index (χ1v) is 28.6. The van der Waals surface area contributed by atoms with Crippen LogP contribution in [0.25, 0.3) is 0 Å². The quantitative estimate of drug-likeness (QED) is 0.0147. The van der Waals surface area contributed by atoms with E-state index in [2.05, 4.69) is 111 Å². The fourth-order valence-electron chi connectivity index (χ4n) is 7.68. The van der Waals surface area contributed by atoms with E-state index in [0.29, 0.717) is 13.0 Å². The topological polar surface area (TPSA) is 192 Å². The first-order chi connectivity index (χ1) is 34.0. The molecule has 0 saturated heterocycles. The monoisotopic (exact) mass is 1000 g/mol. The van der Waals surface area contributed by atoms with E-state index in [1.807, 2.05) is 0 Å². The van der Waals surface area contributed by atoms with Gasteiger partial charge >= 0.3 is 13.8 Å². The lowest BCUT2D eigenvalue weighted by molar-refractivity contribution is -0.220. The van der Waals surface area contributed by atoms with Crippen molar-refractivity contribution in [3.8, 4) is 0 Å². The molecular weight excluding hydrogens is 908 g/mol. The number of esters is 1. The van der Waals surface area contributed by atoms with Crippen LogP contribution in [-0.4, -0.2) is 98.9 Å². The van der Waals surface area contributed by atoms with Gasteiger partial charge in [0, 0.05) is 13.0 Å². The van der Waals surface area contributed by atoms with Crippen molar-refractivity contribution in [2.75, 3.05) is 19.8 Å². The molecule has 12 nitrogen and oxygen atoms in total. The van der Waals surface area contributed by atoms with Gasteiger partial charge in [-0.05, 0) is 96.3 Å². The van der Waals surface area contributed by atoms with Crippen molar-refractivity contribution in [1.29, 1.82) is 0 Å². The molecule has 1 aliphatic rings. The summed E-state index contributed by atoms with van der Waals surface area (Å²) in [6.45, 7) is 4.09. The van der Waals surface area contributed by atoms with Gasteiger partial charge in [-0.3, -0.25) is 13.8 Å². The van der Waals surface area contributed by atoms with Gasteiger partial charge in [0.05, 0.1) is 13.2 Å². The van der Waals surface area contributed by atoms with E-state index in [4.69, 9.17) is 18.5 Å². The van der Waals surface area contributed by atoms with E-state index in [1.54, 1.807) is 0 Å². The van der Waals surface area contributed by atoms with E-state index >= 15 is 0 Å². The molecule has 13 heteroatoms. The number of aliphatic hydroxyl groups excluding tert-OH is 5. The number of phosphoric acid groups is 1. The molecule has 6 N–H and O–H groups in total. The molecule has 1 saturated carbocycles. The largest absolute Gasteiger partial charge is 0.472 e. The van der Waals surface area contributed by atoms with Crippen molar-refractivity contribution >= 4 is 13.8 Å². The van der Waals surface area contributed by atoms with Gasteiger partial charge in [0.2, 0.25) is 0 Å². The Bertz CT molecular complexity index is 1520. The van der Waals surface area contributed by atoms with Gasteiger partial charge in [0.15, 0.2) is 0 Å². The summed E-state index contributed by atoms with van der Waals surface area (Å²) in [7, 11) is -5.05. The molecule has 70 heavy (non-hydrogen) atoms. The number of unbranched alkanes of at least 4 members (excludes halogenated alkanes) is 17. The molecule has 0 aromatic carbocycles. The smallest absolute Gasteiger partial charge is 0.457 e. The van der Waals surface area contributed by atoms with Crippen molar-refractivity contribution in [2.24, 2.45) is 0 Å². The van der Waals surface area contributed by atoms with Crippen LogP contribution in [0.2, 0.25) is 0 Å². The second-order valence-electron chi connectivity index (χ2n) is 18.3. The summed E-state index contributed by atoms with van der Waals surface area (Å²) in [4.78, 5) is 23.3. The Kier molecular flexibility index (Phi) is 43.0. The van der Waals surface area contributed by atoms with Gasteiger partial charge in [0.1, 0.15) is 42.7 Å². The van der Waals surface area contributed by atoms with Crippen LogP contribution in [0.3, 0.4) is 0 Å². The first kappa shape index (κ1) is 65.3. The molecule has 0 aliphatic heterocycles. The molecule has 0 bridgehead atoms. The minimum absolute atomic E-state index is 0.103. The van der Waals surface area contributed by atoms with E-state index in [0.717, 1.165) is 89.9 Å². The van der Waals surface area contributed by atoms with Crippen molar-refractivity contribution < 1.29 is 58.3 Å². The summed E-state index contributed by atoms with van der Waals surface area (Å²) in [5.41, 5.74) is 0. The molecule has 0 aromatic heterocycles. The Morgan fingerprint density at radius 1 is 0.471 bits per heavy atom. The standard InChI is InChI=1S/C57H97O12P/c1-3-5-7-9-11-13-15-17-19-21-23-25-27-29-31-33-35-37-39-41-43-45-47-66-48-50(49-67-70(64,65)69-57-55(62)53(60)52(59)54(61)56(57)63)68-51(58)46-44-42-40-38-36-34-32-30-28-26-24-22-20-18-16-14-12-10-8-6-4-2/h6,8,12,14-15,17-18,20-21,23-24,26,30,32,36,38,50,52-57,59-63H,3-5,7,9-11,13,16,19,22,25,27-29,31,33-35,37,39-49H2,1-2H3,(H,64,65)/b8-6-,14-12-,17-15-,20-18-,23-21-,26-24-,32-30-,38-36-. The van der Waals surface area contributed by atoms with Crippen molar-refractivity contribution in [2.45, 2.75) is 236 Å². The van der Waals surface area contributed by atoms with E-state index in [-0.39, 0.29) is 13.0 Å². The highest BCUT2D eigenvalue weighted by Gasteiger charge is 2.51. The van der Waals surface area contributed by atoms with Gasteiger partial charge in [-0.2, -0.15) is 0 Å². The Morgan fingerprint density at radius 3 is 1.29 bits per heavy atom. The minimum Gasteiger partial charge on any atom is -0.457 e. The Labute approximate surface area is 424 Å². The first-order valence-electron chi connectivity index (χ1n) is 27.1. The fourth-order valence-corrected chi connectivity index (χ4v) is 8.66. The maximum atomic E-state index is 12.9. The van der Waals surface area contributed by atoms with Crippen molar-refractivity contribution in [3.63, 3.8) is 0 Å². The third-order valence-corrected chi connectivity index (χ3v) is 12.9. The molecular formula is C57H97O12P. The third kappa shape index (κ3) is 37.1. The number of ether oxygens (including phenoxy) is 2. The second-order valence-corrected chi connectivity index (χ2v) is 19.7. The highest BCUT2D eigenvalue weighted by Crippen LogP contribution is 2.47. The summed E-state index contributed by atoms with van der Waals surface area (Å²) in [5, 5.41) is 50.4. The maximum absolute atomic E-state index is 12.9. The molecule has 0 heterocycles.